The van der Waals surface area contributed by atoms with Crippen LogP contribution in [0.1, 0.15) is 18.9 Å². The Labute approximate surface area is 109 Å². The Morgan fingerprint density at radius 3 is 2.88 bits per heavy atom. The number of nitrogens with two attached hydrogens (primary N) is 1. The van der Waals surface area contributed by atoms with Gasteiger partial charge in [0.25, 0.3) is 0 Å². The monoisotopic (exact) mass is 302 g/mol. The molecule has 0 spiro atoms. The second-order valence-electron chi connectivity index (χ2n) is 3.96. The summed E-state index contributed by atoms with van der Waals surface area (Å²) in [7, 11) is 0. The Kier molecular flexibility index (Phi) is 5.58. The Morgan fingerprint density at radius 2 is 2.29 bits per heavy atom. The molecule has 0 bridgehead atoms. The van der Waals surface area contributed by atoms with E-state index in [1.54, 1.807) is 12.1 Å². The highest BCUT2D eigenvalue weighted by molar-refractivity contribution is 9.10. The van der Waals surface area contributed by atoms with E-state index in [0.717, 1.165) is 5.56 Å². The molecular weight excluding hydrogens is 287 g/mol. The van der Waals surface area contributed by atoms with Crippen molar-refractivity contribution in [3.8, 4) is 0 Å². The average molecular weight is 303 g/mol. The third-order valence-electron chi connectivity index (χ3n) is 2.30. The third-order valence-corrected chi connectivity index (χ3v) is 2.91. The normalized spacial score (nSPS) is 12.2. The number of amides is 1. The molecule has 3 N–H and O–H groups in total. The van der Waals surface area contributed by atoms with Gasteiger partial charge in [-0.3, -0.25) is 4.79 Å². The number of rotatable bonds is 5. The van der Waals surface area contributed by atoms with Crippen LogP contribution in [0.25, 0.3) is 0 Å². The molecule has 17 heavy (non-hydrogen) atoms. The molecule has 0 heterocycles. The van der Waals surface area contributed by atoms with Crippen molar-refractivity contribution >= 4 is 21.8 Å². The smallest absolute Gasteiger partial charge is 0.221 e. The summed E-state index contributed by atoms with van der Waals surface area (Å²) in [6, 6.07) is 4.85. The number of halogens is 2. The van der Waals surface area contributed by atoms with Crippen molar-refractivity contribution < 1.29 is 9.18 Å². The molecule has 1 unspecified atom stereocenters. The molecule has 1 atom stereocenters. The highest BCUT2D eigenvalue weighted by atomic mass is 79.9. The second-order valence-corrected chi connectivity index (χ2v) is 4.81. The van der Waals surface area contributed by atoms with Crippen LogP contribution < -0.4 is 11.1 Å². The summed E-state index contributed by atoms with van der Waals surface area (Å²) in [4.78, 5) is 11.3. The number of hydrogen-bond donors (Lipinski definition) is 2. The summed E-state index contributed by atoms with van der Waals surface area (Å²) < 4.78 is 13.5. The van der Waals surface area contributed by atoms with Gasteiger partial charge in [-0.05, 0) is 47.0 Å². The Bertz CT molecular complexity index is 398. The molecule has 3 nitrogen and oxygen atoms in total. The molecule has 1 amide bonds. The van der Waals surface area contributed by atoms with Gasteiger partial charge in [0.05, 0.1) is 4.47 Å². The maximum absolute atomic E-state index is 13.0. The SMILES string of the molecule is CC(Cc1ccc(F)c(Br)c1)NC(=O)CCN. The second kappa shape index (κ2) is 6.71. The van der Waals surface area contributed by atoms with Gasteiger partial charge in [0.15, 0.2) is 0 Å². The standard InChI is InChI=1S/C12H16BrFN2O/c1-8(16-12(17)4-5-15)6-9-2-3-11(14)10(13)7-9/h2-3,7-8H,4-6,15H2,1H3,(H,16,17). The predicted octanol–water partition coefficient (Wildman–Crippen LogP) is 1.98. The molecular formula is C12H16BrFN2O. The molecule has 0 aliphatic heterocycles. The zero-order valence-electron chi connectivity index (χ0n) is 9.67. The maximum atomic E-state index is 13.0. The zero-order valence-corrected chi connectivity index (χ0v) is 11.3. The first-order chi connectivity index (χ1) is 8.02. The number of benzene rings is 1. The lowest BCUT2D eigenvalue weighted by atomic mass is 10.1. The lowest BCUT2D eigenvalue weighted by Crippen LogP contribution is -2.35. The molecule has 0 aliphatic carbocycles. The van der Waals surface area contributed by atoms with Crippen molar-refractivity contribution in [1.82, 2.24) is 5.32 Å². The van der Waals surface area contributed by atoms with Gasteiger partial charge in [0.1, 0.15) is 5.82 Å². The van der Waals surface area contributed by atoms with E-state index in [4.69, 9.17) is 5.73 Å². The van der Waals surface area contributed by atoms with Crippen LogP contribution >= 0.6 is 15.9 Å². The predicted molar refractivity (Wildman–Crippen MR) is 69.1 cm³/mol. The molecule has 0 saturated carbocycles. The van der Waals surface area contributed by atoms with Crippen LogP contribution in [-0.4, -0.2) is 18.5 Å². The molecule has 5 heteroatoms. The van der Waals surface area contributed by atoms with Gasteiger partial charge in [-0.15, -0.1) is 0 Å². The third kappa shape index (κ3) is 4.83. The van der Waals surface area contributed by atoms with Gasteiger partial charge in [-0.25, -0.2) is 4.39 Å². The highest BCUT2D eigenvalue weighted by Crippen LogP contribution is 2.17. The van der Waals surface area contributed by atoms with E-state index in [0.29, 0.717) is 23.9 Å². The fourth-order valence-electron chi connectivity index (χ4n) is 1.55. The Balaban J connectivity index is 2.53. The van der Waals surface area contributed by atoms with Crippen LogP contribution in [0.2, 0.25) is 0 Å². The van der Waals surface area contributed by atoms with Crippen molar-refractivity contribution in [3.63, 3.8) is 0 Å². The lowest BCUT2D eigenvalue weighted by molar-refractivity contribution is -0.121. The van der Waals surface area contributed by atoms with E-state index in [-0.39, 0.29) is 17.8 Å². The molecule has 0 aliphatic rings. The summed E-state index contributed by atoms with van der Waals surface area (Å²) in [6.07, 6.45) is 0.993. The number of hydrogen-bond acceptors (Lipinski definition) is 2. The highest BCUT2D eigenvalue weighted by Gasteiger charge is 2.08. The van der Waals surface area contributed by atoms with Gasteiger partial charge >= 0.3 is 0 Å². The molecule has 0 fully saturated rings. The average Bonchev–Trinajstić information content (AvgIpc) is 2.23. The molecule has 1 rings (SSSR count). The number of nitrogens with one attached hydrogen (secondary N) is 1. The fraction of sp³-hybridized carbons (Fsp3) is 0.417. The van der Waals surface area contributed by atoms with Crippen molar-refractivity contribution in [2.45, 2.75) is 25.8 Å². The number of carbonyl (C=O) groups is 1. The minimum absolute atomic E-state index is 0.00594. The summed E-state index contributed by atoms with van der Waals surface area (Å²) in [6.45, 7) is 2.26. The number of carbonyl (C=O) groups excluding carboxylic acids is 1. The minimum Gasteiger partial charge on any atom is -0.353 e. The van der Waals surface area contributed by atoms with E-state index < -0.39 is 0 Å². The van der Waals surface area contributed by atoms with Gasteiger partial charge in [0.2, 0.25) is 5.91 Å². The lowest BCUT2D eigenvalue weighted by Gasteiger charge is -2.14. The van der Waals surface area contributed by atoms with Gasteiger partial charge < -0.3 is 11.1 Å². The van der Waals surface area contributed by atoms with E-state index >= 15 is 0 Å². The van der Waals surface area contributed by atoms with Gasteiger partial charge in [-0.1, -0.05) is 6.07 Å². The molecule has 1 aromatic carbocycles. The van der Waals surface area contributed by atoms with E-state index in [9.17, 15) is 9.18 Å². The largest absolute Gasteiger partial charge is 0.353 e. The maximum Gasteiger partial charge on any atom is 0.221 e. The van der Waals surface area contributed by atoms with E-state index in [2.05, 4.69) is 21.2 Å². The van der Waals surface area contributed by atoms with Crippen LogP contribution in [0.5, 0.6) is 0 Å². The molecule has 0 aromatic heterocycles. The van der Waals surface area contributed by atoms with Crippen molar-refractivity contribution in [2.24, 2.45) is 5.73 Å². The van der Waals surface area contributed by atoms with Crippen molar-refractivity contribution in [1.29, 1.82) is 0 Å². The first kappa shape index (κ1) is 14.1. The molecule has 94 valence electrons. The van der Waals surface area contributed by atoms with Crippen LogP contribution in [-0.2, 0) is 11.2 Å². The summed E-state index contributed by atoms with van der Waals surface area (Å²) >= 11 is 3.13. The van der Waals surface area contributed by atoms with Crippen LogP contribution in [0, 0.1) is 5.82 Å². The summed E-state index contributed by atoms with van der Waals surface area (Å²) in [5, 5.41) is 2.84. The van der Waals surface area contributed by atoms with E-state index in [1.807, 2.05) is 6.92 Å². The van der Waals surface area contributed by atoms with Gasteiger partial charge in [0, 0.05) is 19.0 Å². The fourth-order valence-corrected chi connectivity index (χ4v) is 1.98. The topological polar surface area (TPSA) is 55.1 Å². The van der Waals surface area contributed by atoms with E-state index in [1.165, 1.54) is 6.07 Å². The first-order valence-corrected chi connectivity index (χ1v) is 6.25. The molecule has 0 radical (unpaired) electrons. The van der Waals surface area contributed by atoms with Crippen molar-refractivity contribution in [3.05, 3.63) is 34.1 Å². The minimum atomic E-state index is -0.284. The van der Waals surface area contributed by atoms with Crippen LogP contribution in [0.3, 0.4) is 0 Å². The quantitative estimate of drug-likeness (QED) is 0.874. The van der Waals surface area contributed by atoms with Crippen LogP contribution in [0.4, 0.5) is 4.39 Å². The summed E-state index contributed by atoms with van der Waals surface area (Å²) in [5.41, 5.74) is 6.26. The molecule has 1 aromatic rings. The van der Waals surface area contributed by atoms with Crippen molar-refractivity contribution in [2.75, 3.05) is 6.54 Å². The Hall–Kier alpha value is -0.940. The van der Waals surface area contributed by atoms with Gasteiger partial charge in [-0.2, -0.15) is 0 Å². The first-order valence-electron chi connectivity index (χ1n) is 5.46. The van der Waals surface area contributed by atoms with Crippen LogP contribution in [0.15, 0.2) is 22.7 Å². The zero-order chi connectivity index (χ0) is 12.8. The Morgan fingerprint density at radius 1 is 1.59 bits per heavy atom. The molecule has 0 saturated heterocycles. The summed E-state index contributed by atoms with van der Waals surface area (Å²) in [5.74, 6) is -0.338.